The minimum Gasteiger partial charge on any atom is -0.345 e. The zero-order valence-corrected chi connectivity index (χ0v) is 10.3. The molecule has 0 bridgehead atoms. The average molecular weight is 226 g/mol. The normalized spacial score (nSPS) is 12.5. The minimum absolute atomic E-state index is 0.140. The maximum absolute atomic E-state index is 11.5. The molecule has 0 aliphatic carbocycles. The van der Waals surface area contributed by atoms with E-state index in [9.17, 15) is 4.79 Å². The molecule has 1 heterocycles. The molecule has 4 heteroatoms. The molecule has 0 fully saturated rings. The molecule has 1 amide bonds. The van der Waals surface area contributed by atoms with Crippen LogP contribution in [0.15, 0.2) is 17.5 Å². The first-order chi connectivity index (χ1) is 7.15. The number of nitrogens with one attached hydrogen (secondary N) is 1. The van der Waals surface area contributed by atoms with Crippen LogP contribution in [0.2, 0.25) is 0 Å². The first-order valence-corrected chi connectivity index (χ1v) is 6.03. The lowest BCUT2D eigenvalue weighted by atomic mass is 10.3. The van der Waals surface area contributed by atoms with Crippen molar-refractivity contribution in [2.45, 2.75) is 19.9 Å². The summed E-state index contributed by atoms with van der Waals surface area (Å²) in [5.74, 6) is 0.140. The van der Waals surface area contributed by atoms with Crippen molar-refractivity contribution in [1.82, 2.24) is 10.2 Å². The molecule has 0 saturated heterocycles. The van der Waals surface area contributed by atoms with Gasteiger partial charge in [0.2, 0.25) is 5.91 Å². The van der Waals surface area contributed by atoms with Crippen molar-refractivity contribution in [3.8, 4) is 0 Å². The molecule has 3 nitrogen and oxygen atoms in total. The van der Waals surface area contributed by atoms with E-state index in [0.29, 0.717) is 6.54 Å². The second-order valence-electron chi connectivity index (χ2n) is 3.53. The Kier molecular flexibility index (Phi) is 4.78. The van der Waals surface area contributed by atoms with Gasteiger partial charge in [-0.2, -0.15) is 0 Å². The van der Waals surface area contributed by atoms with Gasteiger partial charge in [0.15, 0.2) is 0 Å². The van der Waals surface area contributed by atoms with Gasteiger partial charge in [-0.15, -0.1) is 11.3 Å². The van der Waals surface area contributed by atoms with E-state index in [-0.39, 0.29) is 11.9 Å². The molecular formula is C11H18N2OS. The number of thiophene rings is 1. The molecule has 0 saturated carbocycles. The molecule has 15 heavy (non-hydrogen) atoms. The van der Waals surface area contributed by atoms with Crippen LogP contribution in [0.1, 0.15) is 24.8 Å². The Hall–Kier alpha value is -0.870. The zero-order valence-electron chi connectivity index (χ0n) is 9.49. The number of hydrogen-bond donors (Lipinski definition) is 1. The predicted molar refractivity (Wildman–Crippen MR) is 64.0 cm³/mol. The van der Waals surface area contributed by atoms with Crippen LogP contribution in [0.5, 0.6) is 0 Å². The monoisotopic (exact) mass is 226 g/mol. The summed E-state index contributed by atoms with van der Waals surface area (Å²) in [7, 11) is 1.82. The Balaban J connectivity index is 2.34. The Morgan fingerprint density at radius 2 is 2.40 bits per heavy atom. The first-order valence-electron chi connectivity index (χ1n) is 5.16. The van der Waals surface area contributed by atoms with Gasteiger partial charge in [-0.25, -0.2) is 0 Å². The number of nitrogens with zero attached hydrogens (tertiary/aromatic N) is 1. The number of likely N-dealkylation sites (N-methyl/N-ethyl adjacent to an activating group) is 1. The summed E-state index contributed by atoms with van der Waals surface area (Å²) in [6.45, 7) is 5.21. The van der Waals surface area contributed by atoms with Gasteiger partial charge in [0.1, 0.15) is 0 Å². The number of amides is 1. The highest BCUT2D eigenvalue weighted by Crippen LogP contribution is 2.17. The first kappa shape index (κ1) is 12.2. The fraction of sp³-hybridized carbons (Fsp3) is 0.545. The van der Waals surface area contributed by atoms with Crippen LogP contribution in [-0.4, -0.2) is 30.9 Å². The van der Waals surface area contributed by atoms with Crippen LogP contribution < -0.4 is 5.32 Å². The van der Waals surface area contributed by atoms with Crippen molar-refractivity contribution in [3.05, 3.63) is 22.4 Å². The number of carbonyl (C=O) groups excluding carboxylic acids is 1. The summed E-state index contributed by atoms with van der Waals surface area (Å²) in [5, 5.41) is 5.27. The lowest BCUT2D eigenvalue weighted by Gasteiger charge is -2.17. The van der Waals surface area contributed by atoms with E-state index in [1.54, 1.807) is 16.2 Å². The topological polar surface area (TPSA) is 32.3 Å². The molecule has 0 spiro atoms. The van der Waals surface area contributed by atoms with Crippen molar-refractivity contribution in [3.63, 3.8) is 0 Å². The fourth-order valence-corrected chi connectivity index (χ4v) is 1.95. The van der Waals surface area contributed by atoms with Crippen LogP contribution in [0.3, 0.4) is 0 Å². The lowest BCUT2D eigenvalue weighted by Crippen LogP contribution is -2.36. The van der Waals surface area contributed by atoms with E-state index in [4.69, 9.17) is 0 Å². The van der Waals surface area contributed by atoms with Crippen molar-refractivity contribution < 1.29 is 4.79 Å². The molecule has 0 aliphatic heterocycles. The smallest absolute Gasteiger partial charge is 0.236 e. The number of rotatable bonds is 5. The van der Waals surface area contributed by atoms with E-state index < -0.39 is 0 Å². The molecule has 0 aromatic carbocycles. The van der Waals surface area contributed by atoms with Crippen LogP contribution in [0, 0.1) is 0 Å². The predicted octanol–water partition coefficient (Wildman–Crippen LogP) is 1.88. The Bertz CT molecular complexity index is 298. The Morgan fingerprint density at radius 1 is 1.67 bits per heavy atom. The van der Waals surface area contributed by atoms with Crippen LogP contribution in [0.4, 0.5) is 0 Å². The van der Waals surface area contributed by atoms with Crippen molar-refractivity contribution >= 4 is 17.2 Å². The highest BCUT2D eigenvalue weighted by molar-refractivity contribution is 7.10. The summed E-state index contributed by atoms with van der Waals surface area (Å²) in [4.78, 5) is 14.5. The van der Waals surface area contributed by atoms with Gasteiger partial charge < -0.3 is 10.2 Å². The Morgan fingerprint density at radius 3 is 2.93 bits per heavy atom. The summed E-state index contributed by atoms with van der Waals surface area (Å²) in [6.07, 6.45) is 0. The van der Waals surface area contributed by atoms with E-state index in [1.165, 1.54) is 4.88 Å². The van der Waals surface area contributed by atoms with E-state index in [2.05, 4.69) is 18.3 Å². The highest BCUT2D eigenvalue weighted by Gasteiger charge is 2.10. The molecule has 1 atom stereocenters. The summed E-state index contributed by atoms with van der Waals surface area (Å²) < 4.78 is 0. The molecule has 1 rings (SSSR count). The average Bonchev–Trinajstić information content (AvgIpc) is 2.77. The standard InChI is InChI=1S/C11H18N2OS/c1-4-13(3)11(14)8-12-9(2)10-6-5-7-15-10/h5-7,9,12H,4,8H2,1-3H3. The molecule has 0 radical (unpaired) electrons. The zero-order chi connectivity index (χ0) is 11.3. The van der Waals surface area contributed by atoms with Gasteiger partial charge in [0, 0.05) is 24.5 Å². The maximum atomic E-state index is 11.5. The van der Waals surface area contributed by atoms with E-state index in [0.717, 1.165) is 6.54 Å². The maximum Gasteiger partial charge on any atom is 0.236 e. The molecule has 84 valence electrons. The van der Waals surface area contributed by atoms with Crippen molar-refractivity contribution in [1.29, 1.82) is 0 Å². The van der Waals surface area contributed by atoms with Crippen molar-refractivity contribution in [2.75, 3.05) is 20.1 Å². The summed E-state index contributed by atoms with van der Waals surface area (Å²) >= 11 is 1.71. The SMILES string of the molecule is CCN(C)C(=O)CNC(C)c1cccs1. The fourth-order valence-electron chi connectivity index (χ4n) is 1.19. The second-order valence-corrected chi connectivity index (χ2v) is 4.51. The van der Waals surface area contributed by atoms with Crippen LogP contribution >= 0.6 is 11.3 Å². The number of carbonyl (C=O) groups is 1. The van der Waals surface area contributed by atoms with Crippen LogP contribution in [0.25, 0.3) is 0 Å². The minimum atomic E-state index is 0.140. The largest absolute Gasteiger partial charge is 0.345 e. The third-order valence-corrected chi connectivity index (χ3v) is 3.48. The molecule has 1 unspecified atom stereocenters. The third kappa shape index (κ3) is 3.64. The van der Waals surface area contributed by atoms with E-state index in [1.807, 2.05) is 25.4 Å². The lowest BCUT2D eigenvalue weighted by molar-refractivity contribution is -0.128. The van der Waals surface area contributed by atoms with E-state index >= 15 is 0 Å². The van der Waals surface area contributed by atoms with Gasteiger partial charge in [0.25, 0.3) is 0 Å². The molecular weight excluding hydrogens is 208 g/mol. The molecule has 1 aromatic heterocycles. The van der Waals surface area contributed by atoms with Gasteiger partial charge in [-0.1, -0.05) is 6.07 Å². The summed E-state index contributed by atoms with van der Waals surface area (Å²) in [6, 6.07) is 4.35. The Labute approximate surface area is 95.1 Å². The van der Waals surface area contributed by atoms with Gasteiger partial charge in [0.05, 0.1) is 6.54 Å². The van der Waals surface area contributed by atoms with Gasteiger partial charge >= 0.3 is 0 Å². The second kappa shape index (κ2) is 5.88. The molecule has 1 aromatic rings. The quantitative estimate of drug-likeness (QED) is 0.831. The van der Waals surface area contributed by atoms with Crippen molar-refractivity contribution in [2.24, 2.45) is 0 Å². The highest BCUT2D eigenvalue weighted by atomic mass is 32.1. The molecule has 1 N–H and O–H groups in total. The van der Waals surface area contributed by atoms with Gasteiger partial charge in [-0.05, 0) is 25.3 Å². The third-order valence-electron chi connectivity index (χ3n) is 2.43. The summed E-state index contributed by atoms with van der Waals surface area (Å²) in [5.41, 5.74) is 0. The molecule has 0 aliphatic rings. The van der Waals surface area contributed by atoms with Gasteiger partial charge in [-0.3, -0.25) is 4.79 Å². The van der Waals surface area contributed by atoms with Crippen LogP contribution in [-0.2, 0) is 4.79 Å². The number of hydrogen-bond acceptors (Lipinski definition) is 3.